The number of methoxy groups -OCH3 is 1. The second-order valence-corrected chi connectivity index (χ2v) is 4.16. The largest absolute Gasteiger partial charge is 0.493 e. The van der Waals surface area contributed by atoms with Crippen molar-refractivity contribution < 1.29 is 14.4 Å². The molecular weight excluding hydrogens is 248 g/mol. The van der Waals surface area contributed by atoms with Crippen LogP contribution in [-0.2, 0) is 6.54 Å². The van der Waals surface area contributed by atoms with Gasteiger partial charge in [0.15, 0.2) is 5.75 Å². The van der Waals surface area contributed by atoms with Crippen molar-refractivity contribution in [2.24, 2.45) is 5.73 Å². The first kappa shape index (κ1) is 15.2. The lowest BCUT2D eigenvalue weighted by atomic mass is 10.1. The van der Waals surface area contributed by atoms with Crippen molar-refractivity contribution in [1.82, 2.24) is 0 Å². The average Bonchev–Trinajstić information content (AvgIpc) is 2.42. The lowest BCUT2D eigenvalue weighted by Gasteiger charge is -2.12. The van der Waals surface area contributed by atoms with Gasteiger partial charge in [0.05, 0.1) is 18.6 Å². The number of unbranched alkanes of at least 4 members (excludes halogenated alkanes) is 2. The zero-order valence-corrected chi connectivity index (χ0v) is 11.3. The van der Waals surface area contributed by atoms with Gasteiger partial charge in [-0.25, -0.2) is 0 Å². The highest BCUT2D eigenvalue weighted by molar-refractivity contribution is 5.58. The molecule has 0 heterocycles. The van der Waals surface area contributed by atoms with E-state index in [2.05, 4.69) is 6.92 Å². The Morgan fingerprint density at radius 2 is 2.11 bits per heavy atom. The Bertz CT molecular complexity index is 435. The number of nitro benzene ring substituents is 1. The van der Waals surface area contributed by atoms with E-state index in [9.17, 15) is 10.1 Å². The fourth-order valence-electron chi connectivity index (χ4n) is 1.72. The molecule has 106 valence electrons. The van der Waals surface area contributed by atoms with E-state index < -0.39 is 4.92 Å². The molecule has 6 heteroatoms. The standard InChI is InChI=1S/C13H20N2O4/c1-3-4-5-6-19-13-11(15(16)17)7-10(9-14)8-12(13)18-2/h7-8H,3-6,9,14H2,1-2H3. The molecule has 0 bridgehead atoms. The fourth-order valence-corrected chi connectivity index (χ4v) is 1.72. The Labute approximate surface area is 112 Å². The monoisotopic (exact) mass is 268 g/mol. The molecule has 2 N–H and O–H groups in total. The van der Waals surface area contributed by atoms with Crippen molar-refractivity contribution >= 4 is 5.69 Å². The van der Waals surface area contributed by atoms with Crippen LogP contribution in [-0.4, -0.2) is 18.6 Å². The van der Waals surface area contributed by atoms with E-state index in [-0.39, 0.29) is 18.0 Å². The second kappa shape index (κ2) is 7.58. The van der Waals surface area contributed by atoms with Crippen LogP contribution in [0.1, 0.15) is 31.7 Å². The van der Waals surface area contributed by atoms with E-state index in [1.54, 1.807) is 6.07 Å². The number of hydrogen-bond donors (Lipinski definition) is 1. The molecule has 0 aliphatic heterocycles. The molecule has 0 fully saturated rings. The Balaban J connectivity index is 3.00. The van der Waals surface area contributed by atoms with E-state index in [4.69, 9.17) is 15.2 Å². The Hall–Kier alpha value is -1.82. The first-order valence-electron chi connectivity index (χ1n) is 6.32. The zero-order chi connectivity index (χ0) is 14.3. The smallest absolute Gasteiger partial charge is 0.315 e. The first-order valence-corrected chi connectivity index (χ1v) is 6.32. The first-order chi connectivity index (χ1) is 9.13. The summed E-state index contributed by atoms with van der Waals surface area (Å²) in [6.07, 6.45) is 2.95. The molecule has 0 radical (unpaired) electrons. The molecular formula is C13H20N2O4. The quantitative estimate of drug-likeness (QED) is 0.445. The Morgan fingerprint density at radius 1 is 1.37 bits per heavy atom. The predicted molar refractivity (Wildman–Crippen MR) is 72.6 cm³/mol. The minimum Gasteiger partial charge on any atom is -0.493 e. The van der Waals surface area contributed by atoms with E-state index >= 15 is 0 Å². The molecule has 1 aromatic rings. The molecule has 0 amide bonds. The molecule has 0 spiro atoms. The highest BCUT2D eigenvalue weighted by atomic mass is 16.6. The summed E-state index contributed by atoms with van der Waals surface area (Å²) >= 11 is 0. The summed E-state index contributed by atoms with van der Waals surface area (Å²) in [5, 5.41) is 11.1. The van der Waals surface area contributed by atoms with Crippen LogP contribution in [0.2, 0.25) is 0 Å². The minimum atomic E-state index is -0.475. The van der Waals surface area contributed by atoms with Gasteiger partial charge < -0.3 is 15.2 Å². The fraction of sp³-hybridized carbons (Fsp3) is 0.538. The van der Waals surface area contributed by atoms with Gasteiger partial charge in [-0.2, -0.15) is 0 Å². The molecule has 0 saturated heterocycles. The van der Waals surface area contributed by atoms with Crippen LogP contribution < -0.4 is 15.2 Å². The second-order valence-electron chi connectivity index (χ2n) is 4.16. The van der Waals surface area contributed by atoms with Crippen LogP contribution in [0.4, 0.5) is 5.69 Å². The number of nitro groups is 1. The Morgan fingerprint density at radius 3 is 2.63 bits per heavy atom. The van der Waals surface area contributed by atoms with E-state index in [0.717, 1.165) is 19.3 Å². The van der Waals surface area contributed by atoms with Gasteiger partial charge in [-0.05, 0) is 18.1 Å². The van der Waals surface area contributed by atoms with Crippen molar-refractivity contribution in [2.75, 3.05) is 13.7 Å². The summed E-state index contributed by atoms with van der Waals surface area (Å²) in [6.45, 7) is 2.74. The molecule has 1 rings (SSSR count). The zero-order valence-electron chi connectivity index (χ0n) is 11.3. The molecule has 0 atom stereocenters. The highest BCUT2D eigenvalue weighted by Crippen LogP contribution is 2.38. The van der Waals surface area contributed by atoms with E-state index in [1.165, 1.54) is 13.2 Å². The lowest BCUT2D eigenvalue weighted by molar-refractivity contribution is -0.386. The van der Waals surface area contributed by atoms with Crippen LogP contribution in [0.15, 0.2) is 12.1 Å². The normalized spacial score (nSPS) is 10.3. The molecule has 19 heavy (non-hydrogen) atoms. The van der Waals surface area contributed by atoms with Gasteiger partial charge in [-0.1, -0.05) is 19.8 Å². The maximum absolute atomic E-state index is 11.1. The van der Waals surface area contributed by atoms with Crippen molar-refractivity contribution in [3.05, 3.63) is 27.8 Å². The topological polar surface area (TPSA) is 87.6 Å². The number of nitrogens with two attached hydrogens (primary N) is 1. The number of rotatable bonds is 8. The van der Waals surface area contributed by atoms with Crippen LogP contribution >= 0.6 is 0 Å². The molecule has 0 aromatic heterocycles. The van der Waals surface area contributed by atoms with Gasteiger partial charge in [-0.3, -0.25) is 10.1 Å². The summed E-state index contributed by atoms with van der Waals surface area (Å²) in [7, 11) is 1.46. The summed E-state index contributed by atoms with van der Waals surface area (Å²) in [4.78, 5) is 10.6. The summed E-state index contributed by atoms with van der Waals surface area (Å²) < 4.78 is 10.7. The number of ether oxygens (including phenoxy) is 2. The van der Waals surface area contributed by atoms with Gasteiger partial charge in [0.1, 0.15) is 0 Å². The summed E-state index contributed by atoms with van der Waals surface area (Å²) in [5.74, 6) is 0.534. The maximum atomic E-state index is 11.1. The third-order valence-corrected chi connectivity index (χ3v) is 2.74. The molecule has 6 nitrogen and oxygen atoms in total. The molecule has 0 aliphatic carbocycles. The predicted octanol–water partition coefficient (Wildman–Crippen LogP) is 2.63. The van der Waals surface area contributed by atoms with E-state index in [0.29, 0.717) is 17.9 Å². The van der Waals surface area contributed by atoms with Crippen molar-refractivity contribution in [3.8, 4) is 11.5 Å². The molecule has 0 unspecified atom stereocenters. The van der Waals surface area contributed by atoms with Crippen LogP contribution in [0.3, 0.4) is 0 Å². The van der Waals surface area contributed by atoms with Gasteiger partial charge >= 0.3 is 5.69 Å². The third-order valence-electron chi connectivity index (χ3n) is 2.74. The van der Waals surface area contributed by atoms with Crippen LogP contribution in [0.25, 0.3) is 0 Å². The summed E-state index contributed by atoms with van der Waals surface area (Å²) in [5.41, 5.74) is 6.06. The summed E-state index contributed by atoms with van der Waals surface area (Å²) in [6, 6.07) is 3.10. The van der Waals surface area contributed by atoms with E-state index in [1.807, 2.05) is 0 Å². The van der Waals surface area contributed by atoms with Crippen LogP contribution in [0.5, 0.6) is 11.5 Å². The molecule has 0 aliphatic rings. The maximum Gasteiger partial charge on any atom is 0.315 e. The Kier molecular flexibility index (Phi) is 6.08. The number of benzene rings is 1. The van der Waals surface area contributed by atoms with Crippen molar-refractivity contribution in [1.29, 1.82) is 0 Å². The van der Waals surface area contributed by atoms with Crippen molar-refractivity contribution in [3.63, 3.8) is 0 Å². The van der Waals surface area contributed by atoms with Gasteiger partial charge in [0, 0.05) is 12.6 Å². The van der Waals surface area contributed by atoms with Crippen molar-refractivity contribution in [2.45, 2.75) is 32.7 Å². The molecule has 1 aromatic carbocycles. The number of nitrogens with zero attached hydrogens (tertiary/aromatic N) is 1. The lowest BCUT2D eigenvalue weighted by Crippen LogP contribution is -2.05. The van der Waals surface area contributed by atoms with Crippen LogP contribution in [0, 0.1) is 10.1 Å². The van der Waals surface area contributed by atoms with Gasteiger partial charge in [0.25, 0.3) is 0 Å². The SMILES string of the molecule is CCCCCOc1c(OC)cc(CN)cc1[N+](=O)[O-]. The average molecular weight is 268 g/mol. The number of hydrogen-bond acceptors (Lipinski definition) is 5. The van der Waals surface area contributed by atoms with Gasteiger partial charge in [0.2, 0.25) is 5.75 Å². The highest BCUT2D eigenvalue weighted by Gasteiger charge is 2.21. The van der Waals surface area contributed by atoms with Gasteiger partial charge in [-0.15, -0.1) is 0 Å². The molecule has 0 saturated carbocycles. The third kappa shape index (κ3) is 4.10. The minimum absolute atomic E-state index is 0.101.